The maximum absolute atomic E-state index is 10.9. The number of hydrogen-bond acceptors (Lipinski definition) is 5. The van der Waals surface area contributed by atoms with E-state index in [0.29, 0.717) is 19.7 Å². The van der Waals surface area contributed by atoms with Gasteiger partial charge in [-0.05, 0) is 18.6 Å². The summed E-state index contributed by atoms with van der Waals surface area (Å²) in [6, 6.07) is 4.66. The Morgan fingerprint density at radius 2 is 2.30 bits per heavy atom. The topological polar surface area (TPSA) is 96.2 Å². The quantitative estimate of drug-likeness (QED) is 0.639. The summed E-state index contributed by atoms with van der Waals surface area (Å²) in [4.78, 5) is 14.6. The van der Waals surface area contributed by atoms with Gasteiger partial charge >= 0.3 is 5.69 Å². The SMILES string of the molecule is Cc1nccn1CCOc1cc(CN)ccc1[N+](=O)[O-]. The number of nitro benzene ring substituents is 1. The largest absolute Gasteiger partial charge is 0.485 e. The second-order valence-corrected chi connectivity index (χ2v) is 4.28. The minimum absolute atomic E-state index is 0.0513. The standard InChI is InChI=1S/C13H16N4O3/c1-10-15-4-5-16(10)6-7-20-13-8-11(9-14)2-3-12(13)17(18)19/h2-5,8H,6-7,9,14H2,1H3. The van der Waals surface area contributed by atoms with Gasteiger partial charge in [0.2, 0.25) is 0 Å². The van der Waals surface area contributed by atoms with Gasteiger partial charge < -0.3 is 15.0 Å². The highest BCUT2D eigenvalue weighted by molar-refractivity contribution is 5.48. The number of imidazole rings is 1. The Hall–Kier alpha value is -2.41. The van der Waals surface area contributed by atoms with E-state index in [1.165, 1.54) is 6.07 Å². The molecule has 0 amide bonds. The van der Waals surface area contributed by atoms with Crippen molar-refractivity contribution in [3.05, 3.63) is 52.1 Å². The van der Waals surface area contributed by atoms with Crippen LogP contribution in [0.15, 0.2) is 30.6 Å². The third kappa shape index (κ3) is 3.12. The zero-order chi connectivity index (χ0) is 14.5. The number of nitro groups is 1. The van der Waals surface area contributed by atoms with Crippen LogP contribution < -0.4 is 10.5 Å². The van der Waals surface area contributed by atoms with Crippen molar-refractivity contribution in [3.8, 4) is 5.75 Å². The Balaban J connectivity index is 2.07. The molecule has 0 fully saturated rings. The van der Waals surface area contributed by atoms with E-state index in [1.54, 1.807) is 18.3 Å². The summed E-state index contributed by atoms with van der Waals surface area (Å²) in [5, 5.41) is 10.9. The van der Waals surface area contributed by atoms with Gasteiger partial charge in [-0.2, -0.15) is 0 Å². The molecule has 2 rings (SSSR count). The lowest BCUT2D eigenvalue weighted by Crippen LogP contribution is -2.10. The monoisotopic (exact) mass is 276 g/mol. The van der Waals surface area contributed by atoms with Gasteiger partial charge in [0.05, 0.1) is 11.5 Å². The molecule has 0 atom stereocenters. The van der Waals surface area contributed by atoms with E-state index in [4.69, 9.17) is 10.5 Å². The fraction of sp³-hybridized carbons (Fsp3) is 0.308. The lowest BCUT2D eigenvalue weighted by Gasteiger charge is -2.09. The molecule has 1 aromatic heterocycles. The van der Waals surface area contributed by atoms with Gasteiger partial charge in [-0.3, -0.25) is 10.1 Å². The van der Waals surface area contributed by atoms with E-state index in [-0.39, 0.29) is 11.4 Å². The molecule has 0 aliphatic rings. The van der Waals surface area contributed by atoms with Gasteiger partial charge in [0.15, 0.2) is 5.75 Å². The van der Waals surface area contributed by atoms with Gasteiger partial charge in [0.1, 0.15) is 12.4 Å². The van der Waals surface area contributed by atoms with E-state index in [1.807, 2.05) is 17.7 Å². The number of aromatic nitrogens is 2. The van der Waals surface area contributed by atoms with E-state index >= 15 is 0 Å². The van der Waals surface area contributed by atoms with Crippen molar-refractivity contribution in [1.29, 1.82) is 0 Å². The molecule has 0 radical (unpaired) electrons. The average Bonchev–Trinajstić information content (AvgIpc) is 2.84. The lowest BCUT2D eigenvalue weighted by molar-refractivity contribution is -0.385. The Morgan fingerprint density at radius 1 is 1.50 bits per heavy atom. The van der Waals surface area contributed by atoms with E-state index in [0.717, 1.165) is 11.4 Å². The van der Waals surface area contributed by atoms with Crippen molar-refractivity contribution < 1.29 is 9.66 Å². The van der Waals surface area contributed by atoms with Crippen LogP contribution in [0, 0.1) is 17.0 Å². The summed E-state index contributed by atoms with van der Waals surface area (Å²) in [5.41, 5.74) is 6.28. The van der Waals surface area contributed by atoms with Gasteiger partial charge in [-0.25, -0.2) is 4.98 Å². The first kappa shape index (κ1) is 14.0. The number of nitrogens with two attached hydrogens (primary N) is 1. The van der Waals surface area contributed by atoms with E-state index in [9.17, 15) is 10.1 Å². The minimum atomic E-state index is -0.460. The molecule has 20 heavy (non-hydrogen) atoms. The number of ether oxygens (including phenoxy) is 1. The molecule has 0 unspecified atom stereocenters. The van der Waals surface area contributed by atoms with Crippen LogP contribution in [0.2, 0.25) is 0 Å². The molecular formula is C13H16N4O3. The van der Waals surface area contributed by atoms with Gasteiger partial charge in [-0.15, -0.1) is 0 Å². The van der Waals surface area contributed by atoms with Crippen LogP contribution in [0.25, 0.3) is 0 Å². The van der Waals surface area contributed by atoms with Crippen LogP contribution in [0.5, 0.6) is 5.75 Å². The molecular weight excluding hydrogens is 260 g/mol. The minimum Gasteiger partial charge on any atom is -0.485 e. The zero-order valence-corrected chi connectivity index (χ0v) is 11.2. The average molecular weight is 276 g/mol. The van der Waals surface area contributed by atoms with Crippen molar-refractivity contribution in [2.75, 3.05) is 6.61 Å². The number of aryl methyl sites for hydroxylation is 1. The molecule has 2 aromatic rings. The highest BCUT2D eigenvalue weighted by Crippen LogP contribution is 2.27. The summed E-state index contributed by atoms with van der Waals surface area (Å²) < 4.78 is 7.44. The number of hydrogen-bond donors (Lipinski definition) is 1. The number of nitrogens with zero attached hydrogens (tertiary/aromatic N) is 3. The maximum atomic E-state index is 10.9. The molecule has 106 valence electrons. The molecule has 1 aromatic carbocycles. The van der Waals surface area contributed by atoms with Crippen molar-refractivity contribution >= 4 is 5.69 Å². The summed E-state index contributed by atoms with van der Waals surface area (Å²) in [6.45, 7) is 3.11. The third-order valence-corrected chi connectivity index (χ3v) is 2.97. The van der Waals surface area contributed by atoms with Gasteiger partial charge in [-0.1, -0.05) is 6.07 Å². The molecule has 1 heterocycles. The highest BCUT2D eigenvalue weighted by Gasteiger charge is 2.15. The van der Waals surface area contributed by atoms with Crippen LogP contribution in [-0.4, -0.2) is 21.1 Å². The fourth-order valence-corrected chi connectivity index (χ4v) is 1.85. The fourth-order valence-electron chi connectivity index (χ4n) is 1.85. The Kier molecular flexibility index (Phi) is 4.31. The maximum Gasteiger partial charge on any atom is 0.310 e. The predicted molar refractivity (Wildman–Crippen MR) is 73.4 cm³/mol. The van der Waals surface area contributed by atoms with Crippen LogP contribution in [-0.2, 0) is 13.1 Å². The van der Waals surface area contributed by atoms with Crippen LogP contribution in [0.1, 0.15) is 11.4 Å². The van der Waals surface area contributed by atoms with Gasteiger partial charge in [0, 0.05) is 25.0 Å². The predicted octanol–water partition coefficient (Wildman–Crippen LogP) is 1.64. The second kappa shape index (κ2) is 6.16. The molecule has 7 nitrogen and oxygen atoms in total. The highest BCUT2D eigenvalue weighted by atomic mass is 16.6. The third-order valence-electron chi connectivity index (χ3n) is 2.97. The summed E-state index contributed by atoms with van der Waals surface area (Å²) in [6.07, 6.45) is 3.54. The Bertz CT molecular complexity index is 609. The summed E-state index contributed by atoms with van der Waals surface area (Å²) in [5.74, 6) is 1.12. The first-order valence-corrected chi connectivity index (χ1v) is 6.19. The van der Waals surface area contributed by atoms with Crippen molar-refractivity contribution in [3.63, 3.8) is 0 Å². The van der Waals surface area contributed by atoms with Crippen LogP contribution in [0.4, 0.5) is 5.69 Å². The molecule has 0 saturated carbocycles. The van der Waals surface area contributed by atoms with Crippen molar-refractivity contribution in [2.45, 2.75) is 20.0 Å². The molecule has 0 bridgehead atoms. The van der Waals surface area contributed by atoms with Crippen LogP contribution in [0.3, 0.4) is 0 Å². The van der Waals surface area contributed by atoms with Crippen LogP contribution >= 0.6 is 0 Å². The molecule has 0 saturated heterocycles. The molecule has 7 heteroatoms. The molecule has 0 aliphatic carbocycles. The first-order chi connectivity index (χ1) is 9.61. The summed E-state index contributed by atoms with van der Waals surface area (Å²) in [7, 11) is 0. The smallest absolute Gasteiger partial charge is 0.310 e. The lowest BCUT2D eigenvalue weighted by atomic mass is 10.2. The Labute approximate surface area is 116 Å². The molecule has 0 spiro atoms. The van der Waals surface area contributed by atoms with Gasteiger partial charge in [0.25, 0.3) is 0 Å². The molecule has 0 aliphatic heterocycles. The molecule has 2 N–H and O–H groups in total. The Morgan fingerprint density at radius 3 is 2.90 bits per heavy atom. The first-order valence-electron chi connectivity index (χ1n) is 6.19. The number of rotatable bonds is 6. The van der Waals surface area contributed by atoms with E-state index < -0.39 is 4.92 Å². The second-order valence-electron chi connectivity index (χ2n) is 4.28. The van der Waals surface area contributed by atoms with Crippen molar-refractivity contribution in [1.82, 2.24) is 9.55 Å². The zero-order valence-electron chi connectivity index (χ0n) is 11.2. The number of benzene rings is 1. The normalized spacial score (nSPS) is 10.5. The summed E-state index contributed by atoms with van der Waals surface area (Å²) >= 11 is 0. The van der Waals surface area contributed by atoms with E-state index in [2.05, 4.69) is 4.98 Å². The van der Waals surface area contributed by atoms with Crippen molar-refractivity contribution in [2.24, 2.45) is 5.73 Å².